The number of methoxy groups -OCH3 is 1. The zero-order chi connectivity index (χ0) is 24.2. The highest BCUT2D eigenvalue weighted by molar-refractivity contribution is 7.89. The maximum absolute atomic E-state index is 13.1. The number of aliphatic carboxylic acids is 1. The van der Waals surface area contributed by atoms with Crippen LogP contribution in [0.4, 0.5) is 0 Å². The molecule has 7 nitrogen and oxygen atoms in total. The van der Waals surface area contributed by atoms with Gasteiger partial charge in [-0.2, -0.15) is 4.31 Å². The molecule has 2 N–H and O–H groups in total. The molecule has 0 spiro atoms. The molecule has 0 amide bonds. The fraction of sp³-hybridized carbons (Fsp3) is 0.320. The standard InChI is InChI=1S/C25H29NO6S/c1-18-4-10-23(11-5-18)33(30,31)26(14-15-27)13-12-25(2,24(28)29)21-8-6-20-17-22(32-3)9-7-19(20)16-21/h4-11,16-17,27H,12-15H2,1-3H3,(H,28,29)/t25-/m0/s1. The average Bonchev–Trinajstić information content (AvgIpc) is 2.80. The van der Waals surface area contributed by atoms with Crippen LogP contribution < -0.4 is 4.74 Å². The summed E-state index contributed by atoms with van der Waals surface area (Å²) < 4.78 is 32.7. The Kier molecular flexibility index (Phi) is 7.41. The Balaban J connectivity index is 1.92. The first-order chi connectivity index (χ1) is 15.6. The van der Waals surface area contributed by atoms with Gasteiger partial charge in [-0.15, -0.1) is 0 Å². The summed E-state index contributed by atoms with van der Waals surface area (Å²) >= 11 is 0. The zero-order valence-corrected chi connectivity index (χ0v) is 19.8. The van der Waals surface area contributed by atoms with Gasteiger partial charge in [0.2, 0.25) is 10.0 Å². The monoisotopic (exact) mass is 471 g/mol. The third-order valence-corrected chi connectivity index (χ3v) is 7.94. The summed E-state index contributed by atoms with van der Waals surface area (Å²) in [6, 6.07) is 17.4. The summed E-state index contributed by atoms with van der Waals surface area (Å²) in [6.07, 6.45) is 0.0368. The summed E-state index contributed by atoms with van der Waals surface area (Å²) in [5.41, 5.74) is 0.171. The van der Waals surface area contributed by atoms with Crippen molar-refractivity contribution >= 4 is 26.8 Å². The molecule has 8 heteroatoms. The molecule has 0 radical (unpaired) electrons. The van der Waals surface area contributed by atoms with E-state index >= 15 is 0 Å². The van der Waals surface area contributed by atoms with Gasteiger partial charge in [0, 0.05) is 13.1 Å². The van der Waals surface area contributed by atoms with E-state index in [4.69, 9.17) is 4.74 Å². The molecule has 0 saturated carbocycles. The molecule has 33 heavy (non-hydrogen) atoms. The fourth-order valence-electron chi connectivity index (χ4n) is 3.74. The molecule has 0 bridgehead atoms. The number of carbonyl (C=O) groups is 1. The molecule has 0 aromatic heterocycles. The molecular weight excluding hydrogens is 442 g/mol. The summed E-state index contributed by atoms with van der Waals surface area (Å²) in [4.78, 5) is 12.5. The molecule has 0 fully saturated rings. The van der Waals surface area contributed by atoms with Gasteiger partial charge in [0.1, 0.15) is 5.75 Å². The van der Waals surface area contributed by atoms with Crippen LogP contribution in [0.2, 0.25) is 0 Å². The lowest BCUT2D eigenvalue weighted by Gasteiger charge is -2.29. The van der Waals surface area contributed by atoms with Crippen LogP contribution in [0.25, 0.3) is 10.8 Å². The molecule has 3 aromatic rings. The van der Waals surface area contributed by atoms with Crippen molar-refractivity contribution in [2.24, 2.45) is 0 Å². The lowest BCUT2D eigenvalue weighted by Crippen LogP contribution is -2.40. The molecule has 1 atom stereocenters. The first-order valence-electron chi connectivity index (χ1n) is 10.6. The van der Waals surface area contributed by atoms with E-state index in [2.05, 4.69) is 0 Å². The summed E-state index contributed by atoms with van der Waals surface area (Å²) in [5, 5.41) is 21.3. The van der Waals surface area contributed by atoms with Crippen LogP contribution in [0.3, 0.4) is 0 Å². The number of hydrogen-bond donors (Lipinski definition) is 2. The molecule has 0 unspecified atom stereocenters. The van der Waals surface area contributed by atoms with Gasteiger partial charge in [-0.25, -0.2) is 8.42 Å². The van der Waals surface area contributed by atoms with Gasteiger partial charge in [-0.3, -0.25) is 4.79 Å². The molecule has 0 heterocycles. The molecule has 3 aromatic carbocycles. The number of carboxylic acid groups (broad SMARTS) is 1. The van der Waals surface area contributed by atoms with Gasteiger partial charge >= 0.3 is 5.97 Å². The molecule has 0 aliphatic carbocycles. The largest absolute Gasteiger partial charge is 0.497 e. The van der Waals surface area contributed by atoms with Gasteiger partial charge in [0.05, 0.1) is 24.0 Å². The number of hydrogen-bond acceptors (Lipinski definition) is 5. The minimum atomic E-state index is -3.89. The molecule has 0 aliphatic rings. The van der Waals surface area contributed by atoms with Crippen LogP contribution in [0.5, 0.6) is 5.75 Å². The van der Waals surface area contributed by atoms with Crippen LogP contribution in [0.1, 0.15) is 24.5 Å². The van der Waals surface area contributed by atoms with Gasteiger partial charge in [0.15, 0.2) is 0 Å². The highest BCUT2D eigenvalue weighted by Crippen LogP contribution is 2.33. The van der Waals surface area contributed by atoms with E-state index in [1.165, 1.54) is 12.1 Å². The minimum absolute atomic E-state index is 0.0368. The Labute approximate surface area is 194 Å². The van der Waals surface area contributed by atoms with E-state index in [0.29, 0.717) is 11.3 Å². The maximum Gasteiger partial charge on any atom is 0.313 e. The third-order valence-electron chi connectivity index (χ3n) is 6.03. The third kappa shape index (κ3) is 5.19. The van der Waals surface area contributed by atoms with Crippen LogP contribution in [-0.2, 0) is 20.2 Å². The van der Waals surface area contributed by atoms with Crippen molar-refractivity contribution in [2.75, 3.05) is 26.8 Å². The summed E-state index contributed by atoms with van der Waals surface area (Å²) in [7, 11) is -2.30. The van der Waals surface area contributed by atoms with Gasteiger partial charge in [-0.05, 0) is 60.9 Å². The fourth-order valence-corrected chi connectivity index (χ4v) is 5.17. The Morgan fingerprint density at radius 3 is 2.24 bits per heavy atom. The SMILES string of the molecule is COc1ccc2cc([C@](C)(CCN(CCO)S(=O)(=O)c3ccc(C)cc3)C(=O)O)ccc2c1. The van der Waals surface area contributed by atoms with Crippen LogP contribution in [0, 0.1) is 6.92 Å². The first kappa shape index (κ1) is 24.7. The van der Waals surface area contributed by atoms with Crippen LogP contribution >= 0.6 is 0 Å². The first-order valence-corrected chi connectivity index (χ1v) is 12.0. The Morgan fingerprint density at radius 2 is 1.64 bits per heavy atom. The van der Waals surface area contributed by atoms with Crippen molar-refractivity contribution in [2.45, 2.75) is 30.6 Å². The van der Waals surface area contributed by atoms with E-state index in [-0.39, 0.29) is 31.0 Å². The Hall–Kier alpha value is -2.94. The highest BCUT2D eigenvalue weighted by Gasteiger charge is 2.37. The molecule has 176 valence electrons. The van der Waals surface area contributed by atoms with Crippen LogP contribution in [-0.4, -0.2) is 55.7 Å². The summed E-state index contributed by atoms with van der Waals surface area (Å²) in [5.74, 6) is -0.343. The van der Waals surface area contributed by atoms with Crippen LogP contribution in [0.15, 0.2) is 65.6 Å². The number of aliphatic hydroxyl groups is 1. The van der Waals surface area contributed by atoms with E-state index in [0.717, 1.165) is 20.6 Å². The Bertz CT molecular complexity index is 1240. The number of ether oxygens (including phenoxy) is 1. The normalized spacial score (nSPS) is 13.7. The molecular formula is C25H29NO6S. The van der Waals surface area contributed by atoms with E-state index in [1.54, 1.807) is 38.3 Å². The number of nitrogens with zero attached hydrogens (tertiary/aromatic N) is 1. The number of rotatable bonds is 10. The maximum atomic E-state index is 13.1. The van der Waals surface area contributed by atoms with E-state index in [1.807, 2.05) is 31.2 Å². The van der Waals surface area contributed by atoms with Crippen molar-refractivity contribution in [1.29, 1.82) is 0 Å². The lowest BCUT2D eigenvalue weighted by atomic mass is 9.79. The summed E-state index contributed by atoms with van der Waals surface area (Å²) in [6.45, 7) is 2.91. The topological polar surface area (TPSA) is 104 Å². The second kappa shape index (κ2) is 9.91. The number of benzene rings is 3. The molecule has 0 saturated heterocycles. The number of fused-ring (bicyclic) bond motifs is 1. The predicted octanol–water partition coefficient (Wildman–Crippen LogP) is 3.57. The number of aryl methyl sites for hydroxylation is 1. The predicted molar refractivity (Wildman–Crippen MR) is 127 cm³/mol. The molecule has 0 aliphatic heterocycles. The Morgan fingerprint density at radius 1 is 1.00 bits per heavy atom. The van der Waals surface area contributed by atoms with Crippen molar-refractivity contribution < 1.29 is 28.2 Å². The van der Waals surface area contributed by atoms with Crippen molar-refractivity contribution in [3.8, 4) is 5.75 Å². The van der Waals surface area contributed by atoms with E-state index in [9.17, 15) is 23.4 Å². The van der Waals surface area contributed by atoms with Gasteiger partial charge in [0.25, 0.3) is 0 Å². The van der Waals surface area contributed by atoms with Crippen molar-refractivity contribution in [3.63, 3.8) is 0 Å². The smallest absolute Gasteiger partial charge is 0.313 e. The minimum Gasteiger partial charge on any atom is -0.497 e. The second-order valence-corrected chi connectivity index (χ2v) is 10.2. The number of carboxylic acids is 1. The van der Waals surface area contributed by atoms with Gasteiger partial charge in [-0.1, -0.05) is 42.0 Å². The lowest BCUT2D eigenvalue weighted by molar-refractivity contribution is -0.143. The van der Waals surface area contributed by atoms with Gasteiger partial charge < -0.3 is 14.9 Å². The quantitative estimate of drug-likeness (QED) is 0.468. The van der Waals surface area contributed by atoms with Crippen molar-refractivity contribution in [1.82, 2.24) is 4.31 Å². The average molecular weight is 472 g/mol. The number of aliphatic hydroxyl groups excluding tert-OH is 1. The van der Waals surface area contributed by atoms with E-state index < -0.39 is 21.4 Å². The number of sulfonamides is 1. The molecule has 3 rings (SSSR count). The highest BCUT2D eigenvalue weighted by atomic mass is 32.2. The van der Waals surface area contributed by atoms with Crippen molar-refractivity contribution in [3.05, 3.63) is 71.8 Å². The zero-order valence-electron chi connectivity index (χ0n) is 19.0. The second-order valence-electron chi connectivity index (χ2n) is 8.26.